The molecule has 0 saturated carbocycles. The molecule has 0 spiro atoms. The fourth-order valence-corrected chi connectivity index (χ4v) is 6.27. The van der Waals surface area contributed by atoms with Crippen LogP contribution in [0.15, 0.2) is 65.6 Å². The maximum atomic E-state index is 13.0. The molecule has 5 nitrogen and oxygen atoms in total. The van der Waals surface area contributed by atoms with Gasteiger partial charge in [0.15, 0.2) is 0 Å². The molecular formula is C24H24Cl2N2O3S. The van der Waals surface area contributed by atoms with Crippen molar-refractivity contribution in [2.75, 3.05) is 13.1 Å². The Morgan fingerprint density at radius 2 is 1.69 bits per heavy atom. The standard InChI is InChI=1S/C24H24Cl2N2O3S/c1-16(19-7-6-17-4-2-3-5-20(17)14-19)27-24(29)18-10-12-28(13-11-18)32(30,31)23-15-21(25)8-9-22(23)26/h2-9,14-16,18H,10-13H2,1H3,(H,27,29)/t16-/m0/s1. The summed E-state index contributed by atoms with van der Waals surface area (Å²) in [6.07, 6.45) is 0.904. The van der Waals surface area contributed by atoms with Gasteiger partial charge in [-0.25, -0.2) is 8.42 Å². The first-order valence-corrected chi connectivity index (χ1v) is 12.7. The molecule has 1 fully saturated rings. The van der Waals surface area contributed by atoms with Crippen LogP contribution in [0.5, 0.6) is 0 Å². The predicted octanol–water partition coefficient (Wildman–Crippen LogP) is 5.42. The van der Waals surface area contributed by atoms with Gasteiger partial charge in [0.05, 0.1) is 11.1 Å². The zero-order valence-electron chi connectivity index (χ0n) is 17.6. The van der Waals surface area contributed by atoms with Crippen molar-refractivity contribution in [3.05, 3.63) is 76.3 Å². The minimum absolute atomic E-state index is 0.000468. The molecule has 168 valence electrons. The van der Waals surface area contributed by atoms with Crippen LogP contribution in [0.2, 0.25) is 10.0 Å². The van der Waals surface area contributed by atoms with Gasteiger partial charge >= 0.3 is 0 Å². The van der Waals surface area contributed by atoms with Crippen molar-refractivity contribution in [3.8, 4) is 0 Å². The SMILES string of the molecule is C[C@H](NC(=O)C1CCN(S(=O)(=O)c2cc(Cl)ccc2Cl)CC1)c1ccc2ccccc2c1. The third-order valence-electron chi connectivity index (χ3n) is 5.97. The number of sulfonamides is 1. The largest absolute Gasteiger partial charge is 0.349 e. The van der Waals surface area contributed by atoms with Crippen LogP contribution in [-0.2, 0) is 14.8 Å². The van der Waals surface area contributed by atoms with E-state index in [2.05, 4.69) is 29.6 Å². The number of nitrogens with zero attached hydrogens (tertiary/aromatic N) is 1. The van der Waals surface area contributed by atoms with Crippen LogP contribution < -0.4 is 5.32 Å². The van der Waals surface area contributed by atoms with Crippen molar-refractivity contribution < 1.29 is 13.2 Å². The highest BCUT2D eigenvalue weighted by Gasteiger charge is 2.33. The molecule has 4 rings (SSSR count). The number of piperidine rings is 1. The molecule has 3 aromatic carbocycles. The summed E-state index contributed by atoms with van der Waals surface area (Å²) in [4.78, 5) is 12.9. The topological polar surface area (TPSA) is 66.5 Å². The van der Waals surface area contributed by atoms with Crippen molar-refractivity contribution >= 4 is 49.9 Å². The van der Waals surface area contributed by atoms with Crippen LogP contribution in [0.4, 0.5) is 0 Å². The van der Waals surface area contributed by atoms with Gasteiger partial charge in [-0.2, -0.15) is 4.31 Å². The maximum absolute atomic E-state index is 13.0. The Balaban J connectivity index is 1.39. The molecule has 1 amide bonds. The monoisotopic (exact) mass is 490 g/mol. The zero-order chi connectivity index (χ0) is 22.9. The summed E-state index contributed by atoms with van der Waals surface area (Å²) in [7, 11) is -3.77. The first-order valence-electron chi connectivity index (χ1n) is 10.5. The summed E-state index contributed by atoms with van der Waals surface area (Å²) < 4.78 is 27.4. The summed E-state index contributed by atoms with van der Waals surface area (Å²) in [5.74, 6) is -0.289. The Hall–Kier alpha value is -2.12. The van der Waals surface area contributed by atoms with Gasteiger partial charge in [0.2, 0.25) is 15.9 Å². The van der Waals surface area contributed by atoms with Gasteiger partial charge in [-0.1, -0.05) is 59.6 Å². The van der Waals surface area contributed by atoms with Crippen molar-refractivity contribution in [2.45, 2.75) is 30.7 Å². The van der Waals surface area contributed by atoms with E-state index in [-0.39, 0.29) is 40.9 Å². The highest BCUT2D eigenvalue weighted by molar-refractivity contribution is 7.89. The molecule has 1 atom stereocenters. The second kappa shape index (κ2) is 9.40. The number of nitrogens with one attached hydrogen (secondary N) is 1. The van der Waals surface area contributed by atoms with Gasteiger partial charge in [0.25, 0.3) is 0 Å². The molecule has 1 aliphatic heterocycles. The van der Waals surface area contributed by atoms with E-state index >= 15 is 0 Å². The van der Waals surface area contributed by atoms with E-state index in [1.165, 1.54) is 16.4 Å². The van der Waals surface area contributed by atoms with Crippen LogP contribution in [0.25, 0.3) is 10.8 Å². The number of benzene rings is 3. The zero-order valence-corrected chi connectivity index (χ0v) is 19.9. The lowest BCUT2D eigenvalue weighted by Crippen LogP contribution is -2.43. The van der Waals surface area contributed by atoms with Gasteiger partial charge in [-0.15, -0.1) is 0 Å². The van der Waals surface area contributed by atoms with Crippen molar-refractivity contribution in [1.29, 1.82) is 0 Å². The van der Waals surface area contributed by atoms with Crippen molar-refractivity contribution in [1.82, 2.24) is 9.62 Å². The highest BCUT2D eigenvalue weighted by atomic mass is 35.5. The lowest BCUT2D eigenvalue weighted by Gasteiger charge is -2.31. The molecule has 1 saturated heterocycles. The summed E-state index contributed by atoms with van der Waals surface area (Å²) in [5.41, 5.74) is 1.03. The van der Waals surface area contributed by atoms with Crippen LogP contribution in [0.3, 0.4) is 0 Å². The van der Waals surface area contributed by atoms with Crippen LogP contribution in [0, 0.1) is 5.92 Å². The molecule has 1 aliphatic rings. The normalized spacial score (nSPS) is 16.7. The minimum Gasteiger partial charge on any atom is -0.349 e. The van der Waals surface area contributed by atoms with E-state index in [4.69, 9.17) is 23.2 Å². The van der Waals surface area contributed by atoms with Crippen LogP contribution >= 0.6 is 23.2 Å². The smallest absolute Gasteiger partial charge is 0.244 e. The average molecular weight is 491 g/mol. The van der Waals surface area contributed by atoms with E-state index in [0.717, 1.165) is 16.3 Å². The number of hydrogen-bond donors (Lipinski definition) is 1. The molecule has 3 aromatic rings. The minimum atomic E-state index is -3.77. The lowest BCUT2D eigenvalue weighted by molar-refractivity contribution is -0.126. The molecule has 32 heavy (non-hydrogen) atoms. The number of rotatable bonds is 5. The Labute approximate surface area is 198 Å². The second-order valence-electron chi connectivity index (χ2n) is 8.09. The number of carbonyl (C=O) groups excluding carboxylic acids is 1. The van der Waals surface area contributed by atoms with Crippen molar-refractivity contribution in [3.63, 3.8) is 0 Å². The number of halogens is 2. The molecule has 0 radical (unpaired) electrons. The summed E-state index contributed by atoms with van der Waals surface area (Å²) in [5, 5.41) is 5.82. The summed E-state index contributed by atoms with van der Waals surface area (Å²) in [6.45, 7) is 2.48. The Morgan fingerprint density at radius 3 is 2.41 bits per heavy atom. The maximum Gasteiger partial charge on any atom is 0.244 e. The van der Waals surface area contributed by atoms with E-state index in [0.29, 0.717) is 17.9 Å². The molecule has 0 aliphatic carbocycles. The number of hydrogen-bond acceptors (Lipinski definition) is 3. The van der Waals surface area contributed by atoms with E-state index in [9.17, 15) is 13.2 Å². The third kappa shape index (κ3) is 4.79. The first-order chi connectivity index (χ1) is 15.3. The summed E-state index contributed by atoms with van der Waals surface area (Å²) >= 11 is 12.1. The number of fused-ring (bicyclic) bond motifs is 1. The van der Waals surface area contributed by atoms with Crippen LogP contribution in [0.1, 0.15) is 31.4 Å². The van der Waals surface area contributed by atoms with Crippen molar-refractivity contribution in [2.24, 2.45) is 5.92 Å². The molecule has 1 N–H and O–H groups in total. The number of carbonyl (C=O) groups is 1. The Kier molecular flexibility index (Phi) is 6.77. The van der Waals surface area contributed by atoms with E-state index < -0.39 is 10.0 Å². The predicted molar refractivity (Wildman–Crippen MR) is 128 cm³/mol. The molecular weight excluding hydrogens is 467 g/mol. The fraction of sp³-hybridized carbons (Fsp3) is 0.292. The van der Waals surface area contributed by atoms with E-state index in [1.54, 1.807) is 6.07 Å². The first kappa shape index (κ1) is 23.1. The van der Waals surface area contributed by atoms with Gasteiger partial charge in [-0.3, -0.25) is 4.79 Å². The number of amides is 1. The third-order valence-corrected chi connectivity index (χ3v) is 8.58. The van der Waals surface area contributed by atoms with Gasteiger partial charge < -0.3 is 5.32 Å². The second-order valence-corrected chi connectivity index (χ2v) is 10.8. The van der Waals surface area contributed by atoms with Crippen LogP contribution in [-0.4, -0.2) is 31.7 Å². The molecule has 0 unspecified atom stereocenters. The Morgan fingerprint density at radius 1 is 1.00 bits per heavy atom. The van der Waals surface area contributed by atoms with Gasteiger partial charge in [0.1, 0.15) is 4.90 Å². The lowest BCUT2D eigenvalue weighted by atomic mass is 9.96. The average Bonchev–Trinajstić information content (AvgIpc) is 2.80. The molecule has 0 aromatic heterocycles. The molecule has 0 bridgehead atoms. The molecule has 1 heterocycles. The quantitative estimate of drug-likeness (QED) is 0.518. The fourth-order valence-electron chi connectivity index (χ4n) is 4.06. The van der Waals surface area contributed by atoms with Gasteiger partial charge in [0, 0.05) is 24.0 Å². The van der Waals surface area contributed by atoms with Gasteiger partial charge in [-0.05, 0) is 60.4 Å². The molecule has 8 heteroatoms. The Bertz CT molecular complexity index is 1260. The summed E-state index contributed by atoms with van der Waals surface area (Å²) in [6, 6.07) is 18.5. The van der Waals surface area contributed by atoms with E-state index in [1.807, 2.05) is 25.1 Å². The highest BCUT2D eigenvalue weighted by Crippen LogP contribution is 2.30.